The van der Waals surface area contributed by atoms with Gasteiger partial charge in [0, 0.05) is 19.0 Å². The Hall–Kier alpha value is -0.720. The number of carbonyl (C=O) groups is 1. The Labute approximate surface area is 134 Å². The molecular formula is C15H22N2O2S2. The summed E-state index contributed by atoms with van der Waals surface area (Å²) in [6.45, 7) is 6.60. The van der Waals surface area contributed by atoms with Gasteiger partial charge < -0.3 is 15.4 Å². The van der Waals surface area contributed by atoms with Gasteiger partial charge in [-0.3, -0.25) is 4.79 Å². The minimum Gasteiger partial charge on any atom is -0.396 e. The van der Waals surface area contributed by atoms with E-state index in [0.29, 0.717) is 12.3 Å². The number of thiophene rings is 1. The number of carbonyl (C=O) groups excluding carboxylic acids is 1. The maximum absolute atomic E-state index is 12.4. The van der Waals surface area contributed by atoms with E-state index in [1.165, 1.54) is 0 Å². The third-order valence-corrected chi connectivity index (χ3v) is 6.20. The predicted molar refractivity (Wildman–Crippen MR) is 89.8 cm³/mol. The predicted octanol–water partition coefficient (Wildman–Crippen LogP) is 3.26. The summed E-state index contributed by atoms with van der Waals surface area (Å²) in [5.74, 6) is 0.459. The molecule has 1 aromatic rings. The molecule has 0 bridgehead atoms. The summed E-state index contributed by atoms with van der Waals surface area (Å²) >= 11 is 3.21. The smallest absolute Gasteiger partial charge is 0.178 e. The van der Waals surface area contributed by atoms with Crippen LogP contribution in [0.2, 0.25) is 0 Å². The molecule has 1 aliphatic carbocycles. The molecule has 6 heteroatoms. The lowest BCUT2D eigenvalue weighted by Gasteiger charge is -2.39. The van der Waals surface area contributed by atoms with E-state index in [0.717, 1.165) is 40.7 Å². The molecule has 2 aliphatic rings. The highest BCUT2D eigenvalue weighted by atomic mass is 32.2. The average molecular weight is 326 g/mol. The average Bonchev–Trinajstić information content (AvgIpc) is 3.21. The van der Waals surface area contributed by atoms with Gasteiger partial charge in [-0.25, -0.2) is 0 Å². The Morgan fingerprint density at radius 3 is 2.76 bits per heavy atom. The summed E-state index contributed by atoms with van der Waals surface area (Å²) in [4.78, 5) is 16.5. The zero-order valence-corrected chi connectivity index (χ0v) is 14.4. The van der Waals surface area contributed by atoms with Crippen molar-refractivity contribution in [3.63, 3.8) is 0 Å². The summed E-state index contributed by atoms with van der Waals surface area (Å²) in [6.07, 6.45) is 4.06. The monoisotopic (exact) mass is 326 g/mol. The van der Waals surface area contributed by atoms with E-state index in [2.05, 4.69) is 18.7 Å². The third kappa shape index (κ3) is 2.94. The van der Waals surface area contributed by atoms with E-state index in [-0.39, 0.29) is 17.3 Å². The van der Waals surface area contributed by atoms with Crippen molar-refractivity contribution >= 4 is 39.6 Å². The number of hydrogen-bond acceptors (Lipinski definition) is 6. The first-order valence-corrected chi connectivity index (χ1v) is 9.36. The molecule has 116 valence electrons. The molecule has 0 spiro atoms. The van der Waals surface area contributed by atoms with Gasteiger partial charge in [0.1, 0.15) is 5.00 Å². The molecule has 2 N–H and O–H groups in total. The van der Waals surface area contributed by atoms with E-state index in [1.54, 1.807) is 23.1 Å². The molecule has 21 heavy (non-hydrogen) atoms. The van der Waals surface area contributed by atoms with Gasteiger partial charge in [0.25, 0.3) is 0 Å². The van der Waals surface area contributed by atoms with E-state index in [1.807, 2.05) is 6.26 Å². The van der Waals surface area contributed by atoms with Gasteiger partial charge in [-0.15, -0.1) is 23.1 Å². The van der Waals surface area contributed by atoms with E-state index in [9.17, 15) is 4.79 Å². The number of thioether (sulfide) groups is 1. The number of anilines is 2. The number of hydrogen-bond donors (Lipinski definition) is 1. The molecule has 0 atom stereocenters. The molecule has 1 saturated heterocycles. The van der Waals surface area contributed by atoms with E-state index < -0.39 is 0 Å². The first-order valence-electron chi connectivity index (χ1n) is 7.32. The number of ketones is 1. The Morgan fingerprint density at radius 1 is 1.48 bits per heavy atom. The Bertz CT molecular complexity index is 564. The summed E-state index contributed by atoms with van der Waals surface area (Å²) in [5, 5.41) is 1.14. The zero-order chi connectivity index (χ0) is 15.2. The third-order valence-electron chi connectivity index (χ3n) is 3.97. The minimum absolute atomic E-state index is 0.159. The fraction of sp³-hybridized carbons (Fsp3) is 0.667. The van der Waals surface area contributed by atoms with Crippen LogP contribution < -0.4 is 10.6 Å². The van der Waals surface area contributed by atoms with Crippen molar-refractivity contribution in [1.82, 2.24) is 0 Å². The van der Waals surface area contributed by atoms with Crippen LogP contribution in [0.1, 0.15) is 36.4 Å². The van der Waals surface area contributed by atoms with Crippen molar-refractivity contribution in [2.24, 2.45) is 5.92 Å². The summed E-state index contributed by atoms with van der Waals surface area (Å²) < 4.78 is 5.78. The van der Waals surface area contributed by atoms with Crippen molar-refractivity contribution in [2.45, 2.75) is 37.2 Å². The van der Waals surface area contributed by atoms with Crippen molar-refractivity contribution in [3.8, 4) is 0 Å². The molecule has 1 saturated carbocycles. The van der Waals surface area contributed by atoms with Crippen molar-refractivity contribution in [2.75, 3.05) is 36.6 Å². The normalized spacial score (nSPS) is 21.6. The fourth-order valence-electron chi connectivity index (χ4n) is 2.73. The highest BCUT2D eigenvalue weighted by Crippen LogP contribution is 2.47. The number of nitrogen functional groups attached to an aromatic ring is 1. The lowest BCUT2D eigenvalue weighted by Crippen LogP contribution is -2.48. The molecule has 1 aliphatic heterocycles. The molecular weight excluding hydrogens is 304 g/mol. The number of nitrogens with two attached hydrogens (primary N) is 1. The van der Waals surface area contributed by atoms with E-state index in [4.69, 9.17) is 10.5 Å². The first kappa shape index (κ1) is 15.2. The SMILES string of the molecule is CSc1c(N2CCOC(C)(C)C2)sc(C(=O)C2CC2)c1N. The zero-order valence-electron chi connectivity index (χ0n) is 12.8. The highest BCUT2D eigenvalue weighted by molar-refractivity contribution is 7.99. The van der Waals surface area contributed by atoms with Gasteiger partial charge in [0.2, 0.25) is 0 Å². The second-order valence-electron chi connectivity index (χ2n) is 6.35. The molecule has 4 nitrogen and oxygen atoms in total. The quantitative estimate of drug-likeness (QED) is 0.680. The van der Waals surface area contributed by atoms with Gasteiger partial charge in [0.05, 0.1) is 27.7 Å². The topological polar surface area (TPSA) is 55.6 Å². The second-order valence-corrected chi connectivity index (χ2v) is 8.17. The summed E-state index contributed by atoms with van der Waals surface area (Å²) in [5.41, 5.74) is 6.79. The van der Waals surface area contributed by atoms with Crippen LogP contribution in [-0.2, 0) is 4.74 Å². The van der Waals surface area contributed by atoms with Crippen LogP contribution >= 0.6 is 23.1 Å². The van der Waals surface area contributed by atoms with Crippen LogP contribution in [-0.4, -0.2) is 37.3 Å². The highest BCUT2D eigenvalue weighted by Gasteiger charge is 2.36. The van der Waals surface area contributed by atoms with Crippen LogP contribution in [0.15, 0.2) is 4.90 Å². The number of ether oxygens (including phenoxy) is 1. The van der Waals surface area contributed by atoms with Crippen molar-refractivity contribution in [3.05, 3.63) is 4.88 Å². The largest absolute Gasteiger partial charge is 0.396 e. The maximum Gasteiger partial charge on any atom is 0.178 e. The second kappa shape index (κ2) is 5.48. The molecule has 1 aromatic heterocycles. The van der Waals surface area contributed by atoms with Gasteiger partial charge in [-0.05, 0) is 32.9 Å². The van der Waals surface area contributed by atoms with Crippen LogP contribution in [0, 0.1) is 5.92 Å². The summed E-state index contributed by atoms with van der Waals surface area (Å²) in [6, 6.07) is 0. The molecule has 2 heterocycles. The fourth-order valence-corrected chi connectivity index (χ4v) is 4.95. The van der Waals surface area contributed by atoms with E-state index >= 15 is 0 Å². The number of morpholine rings is 1. The molecule has 3 rings (SSSR count). The molecule has 0 aromatic carbocycles. The number of rotatable bonds is 4. The van der Waals surface area contributed by atoms with Gasteiger partial charge in [-0.1, -0.05) is 0 Å². The lowest BCUT2D eigenvalue weighted by molar-refractivity contribution is -0.0276. The van der Waals surface area contributed by atoms with Crippen LogP contribution in [0.4, 0.5) is 10.7 Å². The van der Waals surface area contributed by atoms with Crippen LogP contribution in [0.25, 0.3) is 0 Å². The Balaban J connectivity index is 1.94. The van der Waals surface area contributed by atoms with Gasteiger partial charge in [0.15, 0.2) is 5.78 Å². The van der Waals surface area contributed by atoms with Crippen LogP contribution in [0.3, 0.4) is 0 Å². The molecule has 0 unspecified atom stereocenters. The van der Waals surface area contributed by atoms with Gasteiger partial charge in [-0.2, -0.15) is 0 Å². The van der Waals surface area contributed by atoms with Crippen molar-refractivity contribution < 1.29 is 9.53 Å². The molecule has 0 amide bonds. The first-order chi connectivity index (χ1) is 9.93. The minimum atomic E-state index is -0.159. The van der Waals surface area contributed by atoms with Crippen LogP contribution in [0.5, 0.6) is 0 Å². The van der Waals surface area contributed by atoms with Crippen molar-refractivity contribution in [1.29, 1.82) is 0 Å². The summed E-state index contributed by atoms with van der Waals surface area (Å²) in [7, 11) is 0. The standard InChI is InChI=1S/C15H22N2O2S2/c1-15(2)8-17(6-7-19-15)14-13(20-3)10(16)12(21-14)11(18)9-4-5-9/h9H,4-8,16H2,1-3H3. The Kier molecular flexibility index (Phi) is 3.96. The lowest BCUT2D eigenvalue weighted by atomic mass is 10.1. The molecule has 0 radical (unpaired) electrons. The molecule has 2 fully saturated rings. The number of nitrogens with zero attached hydrogens (tertiary/aromatic N) is 1. The number of Topliss-reactive ketones (excluding diaryl/α,β-unsaturated/α-hetero) is 1. The Morgan fingerprint density at radius 2 is 2.19 bits per heavy atom. The maximum atomic E-state index is 12.4. The van der Waals surface area contributed by atoms with Gasteiger partial charge >= 0.3 is 0 Å².